The third-order valence-electron chi connectivity index (χ3n) is 3.31. The molecule has 0 saturated heterocycles. The van der Waals surface area contributed by atoms with Crippen molar-refractivity contribution >= 4 is 5.97 Å². The van der Waals surface area contributed by atoms with Crippen LogP contribution in [0.1, 0.15) is 24.0 Å². The Bertz CT molecular complexity index is 498. The summed E-state index contributed by atoms with van der Waals surface area (Å²) in [5.41, 5.74) is 7.63. The summed E-state index contributed by atoms with van der Waals surface area (Å²) in [6.07, 6.45) is 0.413. The van der Waals surface area contributed by atoms with Gasteiger partial charge in [0, 0.05) is 6.42 Å². The van der Waals surface area contributed by atoms with Crippen LogP contribution in [0.25, 0.3) is 0 Å². The molecule has 0 heterocycles. The van der Waals surface area contributed by atoms with Crippen molar-refractivity contribution in [3.63, 3.8) is 0 Å². The van der Waals surface area contributed by atoms with E-state index in [1.165, 1.54) is 0 Å². The number of hydrogen-bond donors (Lipinski definition) is 2. The van der Waals surface area contributed by atoms with E-state index in [0.717, 1.165) is 11.1 Å². The molecule has 0 aliphatic rings. The topological polar surface area (TPSA) is 63.3 Å². The van der Waals surface area contributed by atoms with Gasteiger partial charge in [0.2, 0.25) is 0 Å². The normalized spacial score (nSPS) is 11.2. The van der Waals surface area contributed by atoms with Crippen molar-refractivity contribution < 1.29 is 9.90 Å². The summed E-state index contributed by atoms with van der Waals surface area (Å²) in [6, 6.07) is 19.3. The van der Waals surface area contributed by atoms with Gasteiger partial charge in [-0.25, -0.2) is 0 Å². The summed E-state index contributed by atoms with van der Waals surface area (Å²) in [6.45, 7) is 0. The van der Waals surface area contributed by atoms with Crippen molar-refractivity contribution in [2.75, 3.05) is 0 Å². The molecule has 0 radical (unpaired) electrons. The largest absolute Gasteiger partial charge is 0.481 e. The molecule has 0 aliphatic carbocycles. The Kier molecular flexibility index (Phi) is 3.97. The van der Waals surface area contributed by atoms with Gasteiger partial charge in [0.15, 0.2) is 0 Å². The van der Waals surface area contributed by atoms with Gasteiger partial charge in [0.25, 0.3) is 0 Å². The highest BCUT2D eigenvalue weighted by atomic mass is 16.4. The Labute approximate surface area is 112 Å². The second-order valence-corrected chi connectivity index (χ2v) is 4.60. The van der Waals surface area contributed by atoms with Crippen molar-refractivity contribution in [2.45, 2.75) is 18.4 Å². The smallest absolute Gasteiger partial charge is 0.303 e. The van der Waals surface area contributed by atoms with Gasteiger partial charge in [0.05, 0.1) is 5.54 Å². The molecule has 0 bridgehead atoms. The molecule has 2 aromatic rings. The number of hydrogen-bond acceptors (Lipinski definition) is 2. The zero-order valence-electron chi connectivity index (χ0n) is 10.6. The molecule has 19 heavy (non-hydrogen) atoms. The average Bonchev–Trinajstić information content (AvgIpc) is 2.46. The van der Waals surface area contributed by atoms with Gasteiger partial charge in [-0.15, -0.1) is 0 Å². The molecular weight excluding hydrogens is 238 g/mol. The monoisotopic (exact) mass is 255 g/mol. The molecule has 0 aromatic heterocycles. The summed E-state index contributed by atoms with van der Waals surface area (Å²) in [5.74, 6) is -0.832. The Balaban J connectivity index is 2.41. The molecule has 2 aromatic carbocycles. The second-order valence-electron chi connectivity index (χ2n) is 4.60. The van der Waals surface area contributed by atoms with Gasteiger partial charge in [0.1, 0.15) is 0 Å². The number of carboxylic acids is 1. The van der Waals surface area contributed by atoms with Crippen LogP contribution in [0.2, 0.25) is 0 Å². The third-order valence-corrected chi connectivity index (χ3v) is 3.31. The summed E-state index contributed by atoms with van der Waals surface area (Å²) >= 11 is 0. The van der Waals surface area contributed by atoms with E-state index in [0.29, 0.717) is 6.42 Å². The molecule has 3 heteroatoms. The predicted octanol–water partition coefficient (Wildman–Crippen LogP) is 2.75. The fraction of sp³-hybridized carbons (Fsp3) is 0.188. The number of benzene rings is 2. The Morgan fingerprint density at radius 2 is 1.37 bits per heavy atom. The van der Waals surface area contributed by atoms with E-state index >= 15 is 0 Å². The van der Waals surface area contributed by atoms with Crippen LogP contribution in [0.3, 0.4) is 0 Å². The lowest BCUT2D eigenvalue weighted by Gasteiger charge is -2.30. The van der Waals surface area contributed by atoms with Crippen LogP contribution in [-0.4, -0.2) is 11.1 Å². The highest BCUT2D eigenvalue weighted by Gasteiger charge is 2.29. The highest BCUT2D eigenvalue weighted by molar-refractivity contribution is 5.67. The molecule has 0 saturated carbocycles. The van der Waals surface area contributed by atoms with Crippen molar-refractivity contribution in [2.24, 2.45) is 5.73 Å². The van der Waals surface area contributed by atoms with Crippen molar-refractivity contribution in [3.05, 3.63) is 71.8 Å². The summed E-state index contributed by atoms with van der Waals surface area (Å²) in [7, 11) is 0. The SMILES string of the molecule is NC(CCC(=O)O)(c1ccccc1)c1ccccc1. The van der Waals surface area contributed by atoms with E-state index in [9.17, 15) is 4.79 Å². The standard InChI is InChI=1S/C16H17NO2/c17-16(12-11-15(18)19,13-7-3-1-4-8-13)14-9-5-2-6-10-14/h1-10H,11-12,17H2,(H,18,19). The molecule has 0 atom stereocenters. The molecule has 0 amide bonds. The van der Waals surface area contributed by atoms with Gasteiger partial charge >= 0.3 is 5.97 Å². The minimum atomic E-state index is -0.832. The molecule has 2 rings (SSSR count). The lowest BCUT2D eigenvalue weighted by Crippen LogP contribution is -2.38. The van der Waals surface area contributed by atoms with Crippen molar-refractivity contribution in [1.29, 1.82) is 0 Å². The molecule has 0 fully saturated rings. The van der Waals surface area contributed by atoms with Gasteiger partial charge in [-0.2, -0.15) is 0 Å². The van der Waals surface area contributed by atoms with E-state index in [4.69, 9.17) is 10.8 Å². The number of carbonyl (C=O) groups is 1. The first-order valence-corrected chi connectivity index (χ1v) is 6.24. The maximum absolute atomic E-state index is 10.9. The second kappa shape index (κ2) is 5.67. The fourth-order valence-corrected chi connectivity index (χ4v) is 2.23. The predicted molar refractivity (Wildman–Crippen MR) is 74.7 cm³/mol. The fourth-order valence-electron chi connectivity index (χ4n) is 2.23. The minimum absolute atomic E-state index is 0.0420. The Morgan fingerprint density at radius 1 is 0.947 bits per heavy atom. The van der Waals surface area contributed by atoms with Gasteiger partial charge in [-0.3, -0.25) is 4.79 Å². The first kappa shape index (κ1) is 13.3. The third kappa shape index (κ3) is 3.01. The van der Waals surface area contributed by atoms with Crippen LogP contribution in [-0.2, 0) is 10.3 Å². The molecular formula is C16H17NO2. The first-order chi connectivity index (χ1) is 9.13. The summed E-state index contributed by atoms with van der Waals surface area (Å²) in [5, 5.41) is 8.92. The molecule has 3 nitrogen and oxygen atoms in total. The maximum atomic E-state index is 10.9. The van der Waals surface area contributed by atoms with Gasteiger partial charge in [-0.1, -0.05) is 60.7 Å². The van der Waals surface area contributed by atoms with Crippen LogP contribution in [0.4, 0.5) is 0 Å². The van der Waals surface area contributed by atoms with Crippen LogP contribution < -0.4 is 5.73 Å². The van der Waals surface area contributed by atoms with Crippen LogP contribution >= 0.6 is 0 Å². The highest BCUT2D eigenvalue weighted by Crippen LogP contribution is 2.31. The van der Waals surface area contributed by atoms with Crippen LogP contribution in [0.5, 0.6) is 0 Å². The molecule has 98 valence electrons. The molecule has 0 unspecified atom stereocenters. The van der Waals surface area contributed by atoms with Crippen molar-refractivity contribution in [1.82, 2.24) is 0 Å². The van der Waals surface area contributed by atoms with E-state index in [1.807, 2.05) is 60.7 Å². The Hall–Kier alpha value is -2.13. The van der Waals surface area contributed by atoms with Gasteiger partial charge < -0.3 is 10.8 Å². The average molecular weight is 255 g/mol. The Morgan fingerprint density at radius 3 is 1.74 bits per heavy atom. The van der Waals surface area contributed by atoms with Crippen LogP contribution in [0, 0.1) is 0 Å². The van der Waals surface area contributed by atoms with E-state index in [-0.39, 0.29) is 6.42 Å². The maximum Gasteiger partial charge on any atom is 0.303 e. The summed E-state index contributed by atoms with van der Waals surface area (Å²) in [4.78, 5) is 10.9. The molecule has 0 aliphatic heterocycles. The van der Waals surface area contributed by atoms with Gasteiger partial charge in [-0.05, 0) is 17.5 Å². The zero-order chi connectivity index (χ0) is 13.7. The minimum Gasteiger partial charge on any atom is -0.481 e. The lowest BCUT2D eigenvalue weighted by atomic mass is 9.80. The molecule has 0 spiro atoms. The number of rotatable bonds is 5. The van der Waals surface area contributed by atoms with E-state index in [2.05, 4.69) is 0 Å². The molecule has 3 N–H and O–H groups in total. The first-order valence-electron chi connectivity index (χ1n) is 6.24. The van der Waals surface area contributed by atoms with Crippen LogP contribution in [0.15, 0.2) is 60.7 Å². The van der Waals surface area contributed by atoms with E-state index < -0.39 is 11.5 Å². The number of nitrogens with two attached hydrogens (primary N) is 1. The van der Waals surface area contributed by atoms with Crippen molar-refractivity contribution in [3.8, 4) is 0 Å². The van der Waals surface area contributed by atoms with E-state index in [1.54, 1.807) is 0 Å². The zero-order valence-corrected chi connectivity index (χ0v) is 10.6. The quantitative estimate of drug-likeness (QED) is 0.863. The number of carboxylic acid groups (broad SMARTS) is 1. The summed E-state index contributed by atoms with van der Waals surface area (Å²) < 4.78 is 0. The number of aliphatic carboxylic acids is 1. The lowest BCUT2D eigenvalue weighted by molar-refractivity contribution is -0.137.